The number of fused-ring (bicyclic) bond motifs is 1. The van der Waals surface area contributed by atoms with E-state index in [1.54, 1.807) is 26.8 Å². The minimum absolute atomic E-state index is 0.0914. The van der Waals surface area contributed by atoms with Gasteiger partial charge in [0, 0.05) is 11.3 Å². The summed E-state index contributed by atoms with van der Waals surface area (Å²) in [6.45, 7) is 5.25. The molecule has 2 aromatic rings. The highest BCUT2D eigenvalue weighted by atomic mass is 19.1. The van der Waals surface area contributed by atoms with E-state index in [1.807, 2.05) is 24.3 Å². The third-order valence-corrected chi connectivity index (χ3v) is 3.78. The number of rotatable bonds is 3. The molecule has 2 aromatic carbocycles. The van der Waals surface area contributed by atoms with Crippen molar-refractivity contribution in [2.75, 3.05) is 17.2 Å². The van der Waals surface area contributed by atoms with E-state index in [1.165, 1.54) is 12.1 Å². The number of anilines is 2. The fraction of sp³-hybridized carbons (Fsp3) is 0.238. The summed E-state index contributed by atoms with van der Waals surface area (Å²) in [5, 5.41) is 5.03. The Kier molecular flexibility index (Phi) is 5.35. The number of hydrogen-bond donors (Lipinski definition) is 2. The number of carbonyl (C=O) groups excluding carboxylic acids is 2. The van der Waals surface area contributed by atoms with Crippen LogP contribution in [0.2, 0.25) is 0 Å². The summed E-state index contributed by atoms with van der Waals surface area (Å²) in [7, 11) is 0. The smallest absolute Gasteiger partial charge is 0.412 e. The van der Waals surface area contributed by atoms with Crippen LogP contribution in [0.15, 0.2) is 48.0 Å². The van der Waals surface area contributed by atoms with Crippen molar-refractivity contribution in [2.24, 2.45) is 0 Å². The van der Waals surface area contributed by atoms with Gasteiger partial charge in [-0.1, -0.05) is 18.2 Å². The van der Waals surface area contributed by atoms with Crippen molar-refractivity contribution in [2.45, 2.75) is 26.4 Å². The number of benzene rings is 2. The Morgan fingerprint density at radius 3 is 2.61 bits per heavy atom. The third-order valence-electron chi connectivity index (χ3n) is 3.78. The number of halogens is 1. The Bertz CT molecular complexity index is 948. The van der Waals surface area contributed by atoms with Gasteiger partial charge in [0.15, 0.2) is 0 Å². The minimum Gasteiger partial charge on any atom is -0.488 e. The van der Waals surface area contributed by atoms with Crippen LogP contribution in [0.4, 0.5) is 20.6 Å². The molecule has 7 heteroatoms. The maximum atomic E-state index is 14.0. The molecule has 0 radical (unpaired) electrons. The molecule has 1 aliphatic rings. The molecule has 0 atom stereocenters. The van der Waals surface area contributed by atoms with E-state index in [0.717, 1.165) is 11.6 Å². The predicted octanol–water partition coefficient (Wildman–Crippen LogP) is 4.59. The van der Waals surface area contributed by atoms with Crippen molar-refractivity contribution in [3.63, 3.8) is 0 Å². The Morgan fingerprint density at radius 2 is 1.86 bits per heavy atom. The van der Waals surface area contributed by atoms with Crippen molar-refractivity contribution in [1.29, 1.82) is 0 Å². The highest BCUT2D eigenvalue weighted by molar-refractivity contribution is 6.07. The zero-order valence-corrected chi connectivity index (χ0v) is 15.8. The highest BCUT2D eigenvalue weighted by Gasteiger charge is 2.19. The summed E-state index contributed by atoms with van der Waals surface area (Å²) >= 11 is 0. The van der Waals surface area contributed by atoms with Gasteiger partial charge in [-0.15, -0.1) is 0 Å². The molecule has 0 unspecified atom stereocenters. The summed E-state index contributed by atoms with van der Waals surface area (Å²) in [6, 6.07) is 11.3. The van der Waals surface area contributed by atoms with Gasteiger partial charge < -0.3 is 14.8 Å². The first-order valence-corrected chi connectivity index (χ1v) is 8.74. The lowest BCUT2D eigenvalue weighted by molar-refractivity contribution is -0.113. The summed E-state index contributed by atoms with van der Waals surface area (Å²) in [6.07, 6.45) is 0.965. The standard InChI is InChI=1S/C21H21FN2O4/c1-21(2,3)28-20(26)24-17-11-15(8-9-16(17)22)23-19(25)14-10-13-6-4-5-7-18(13)27-12-14/h4-11H,12H2,1-3H3,(H,23,25)(H,24,26). The lowest BCUT2D eigenvalue weighted by Gasteiger charge is -2.20. The number of amides is 2. The van der Waals surface area contributed by atoms with Crippen LogP contribution in [0, 0.1) is 5.82 Å². The second-order valence-electron chi connectivity index (χ2n) is 7.27. The summed E-state index contributed by atoms with van der Waals surface area (Å²) in [5.41, 5.74) is 0.773. The second-order valence-corrected chi connectivity index (χ2v) is 7.27. The van der Waals surface area contributed by atoms with E-state index in [0.29, 0.717) is 17.0 Å². The van der Waals surface area contributed by atoms with E-state index in [-0.39, 0.29) is 18.2 Å². The SMILES string of the molecule is CC(C)(C)OC(=O)Nc1cc(NC(=O)C2=Cc3ccccc3OC2)ccc1F. The van der Waals surface area contributed by atoms with E-state index >= 15 is 0 Å². The van der Waals surface area contributed by atoms with Crippen molar-refractivity contribution in [3.05, 3.63) is 59.4 Å². The maximum Gasteiger partial charge on any atom is 0.412 e. The summed E-state index contributed by atoms with van der Waals surface area (Å²) in [4.78, 5) is 24.4. The van der Waals surface area contributed by atoms with Gasteiger partial charge in [0.05, 0.1) is 11.3 Å². The largest absolute Gasteiger partial charge is 0.488 e. The van der Waals surface area contributed by atoms with Crippen LogP contribution in [0.5, 0.6) is 5.75 Å². The summed E-state index contributed by atoms with van der Waals surface area (Å²) in [5.74, 6) is -0.299. The number of para-hydroxylation sites is 1. The molecule has 0 spiro atoms. The molecule has 1 aliphatic heterocycles. The third kappa shape index (κ3) is 4.88. The van der Waals surface area contributed by atoms with Crippen LogP contribution in [0.1, 0.15) is 26.3 Å². The average Bonchev–Trinajstić information content (AvgIpc) is 2.62. The lowest BCUT2D eigenvalue weighted by Crippen LogP contribution is -2.27. The molecule has 3 rings (SSSR count). The van der Waals surface area contributed by atoms with Crippen molar-refractivity contribution in [3.8, 4) is 5.75 Å². The van der Waals surface area contributed by atoms with Gasteiger partial charge in [-0.05, 0) is 51.1 Å². The molecular weight excluding hydrogens is 363 g/mol. The van der Waals surface area contributed by atoms with Gasteiger partial charge in [0.25, 0.3) is 5.91 Å². The maximum absolute atomic E-state index is 14.0. The molecule has 1 heterocycles. The monoisotopic (exact) mass is 384 g/mol. The van der Waals surface area contributed by atoms with E-state index in [4.69, 9.17) is 9.47 Å². The first-order chi connectivity index (χ1) is 13.2. The molecule has 0 aliphatic carbocycles. The molecule has 0 bridgehead atoms. The van der Waals surface area contributed by atoms with Crippen molar-refractivity contribution >= 4 is 29.5 Å². The minimum atomic E-state index is -0.783. The molecule has 28 heavy (non-hydrogen) atoms. The van der Waals surface area contributed by atoms with Crippen molar-refractivity contribution < 1.29 is 23.5 Å². The molecular formula is C21H21FN2O4. The Morgan fingerprint density at radius 1 is 1.11 bits per heavy atom. The van der Waals surface area contributed by atoms with Crippen LogP contribution >= 0.6 is 0 Å². The van der Waals surface area contributed by atoms with Gasteiger partial charge in [-0.3, -0.25) is 10.1 Å². The Labute approximate surface area is 162 Å². The Balaban J connectivity index is 1.72. The zero-order chi connectivity index (χ0) is 20.3. The molecule has 0 saturated carbocycles. The molecule has 0 saturated heterocycles. The van der Waals surface area contributed by atoms with E-state index in [2.05, 4.69) is 10.6 Å². The Hall–Kier alpha value is -3.35. The quantitative estimate of drug-likeness (QED) is 0.812. The van der Waals surface area contributed by atoms with E-state index < -0.39 is 17.5 Å². The molecule has 146 valence electrons. The van der Waals surface area contributed by atoms with Gasteiger partial charge in [0.2, 0.25) is 0 Å². The zero-order valence-electron chi connectivity index (χ0n) is 15.8. The topological polar surface area (TPSA) is 76.7 Å². The lowest BCUT2D eigenvalue weighted by atomic mass is 10.1. The van der Waals surface area contributed by atoms with Crippen LogP contribution in [0.3, 0.4) is 0 Å². The number of ether oxygens (including phenoxy) is 2. The van der Waals surface area contributed by atoms with Gasteiger partial charge in [0.1, 0.15) is 23.8 Å². The first-order valence-electron chi connectivity index (χ1n) is 8.74. The van der Waals surface area contributed by atoms with E-state index in [9.17, 15) is 14.0 Å². The second kappa shape index (κ2) is 7.72. The molecule has 2 amide bonds. The van der Waals surface area contributed by atoms with Gasteiger partial charge in [-0.25, -0.2) is 9.18 Å². The number of nitrogens with one attached hydrogen (secondary N) is 2. The number of carbonyl (C=O) groups is 2. The van der Waals surface area contributed by atoms with Crippen LogP contribution in [0.25, 0.3) is 6.08 Å². The van der Waals surface area contributed by atoms with Crippen LogP contribution < -0.4 is 15.4 Å². The van der Waals surface area contributed by atoms with Gasteiger partial charge >= 0.3 is 6.09 Å². The van der Waals surface area contributed by atoms with Crippen LogP contribution in [-0.2, 0) is 9.53 Å². The fourth-order valence-electron chi connectivity index (χ4n) is 2.57. The molecule has 6 nitrogen and oxygen atoms in total. The molecule has 0 aromatic heterocycles. The number of hydrogen-bond acceptors (Lipinski definition) is 4. The first kappa shape index (κ1) is 19.4. The van der Waals surface area contributed by atoms with Crippen molar-refractivity contribution in [1.82, 2.24) is 0 Å². The van der Waals surface area contributed by atoms with Gasteiger partial charge in [-0.2, -0.15) is 0 Å². The predicted molar refractivity (Wildman–Crippen MR) is 105 cm³/mol. The molecule has 2 N–H and O–H groups in total. The van der Waals surface area contributed by atoms with Crippen LogP contribution in [-0.4, -0.2) is 24.2 Å². The fourth-order valence-corrected chi connectivity index (χ4v) is 2.57. The molecule has 0 fully saturated rings. The summed E-state index contributed by atoms with van der Waals surface area (Å²) < 4.78 is 24.7. The average molecular weight is 384 g/mol. The normalized spacial score (nSPS) is 12.9. The highest BCUT2D eigenvalue weighted by Crippen LogP contribution is 2.27.